The molecule has 0 aliphatic carbocycles. The molecule has 0 amide bonds. The molecule has 1 aromatic rings. The van der Waals surface area contributed by atoms with Crippen molar-refractivity contribution < 1.29 is 18.3 Å². The summed E-state index contributed by atoms with van der Waals surface area (Å²) in [6, 6.07) is 2.36. The Bertz CT molecular complexity index is 425. The second-order valence-electron chi connectivity index (χ2n) is 5.57. The lowest BCUT2D eigenvalue weighted by atomic mass is 10.2. The smallest absolute Gasteiger partial charge is 0.250 e. The lowest BCUT2D eigenvalue weighted by molar-refractivity contribution is 0.386. The van der Waals surface area contributed by atoms with Crippen LogP contribution in [-0.4, -0.2) is 13.4 Å². The van der Waals surface area contributed by atoms with E-state index in [-0.39, 0.29) is 10.8 Å². The molecule has 1 aromatic carbocycles. The quantitative estimate of drug-likeness (QED) is 0.813. The van der Waals surface area contributed by atoms with Gasteiger partial charge in [0.1, 0.15) is 5.75 Å². The molecule has 5 heteroatoms. The van der Waals surface area contributed by atoms with Gasteiger partial charge >= 0.3 is 0 Å². The zero-order chi connectivity index (χ0) is 13.4. The largest absolute Gasteiger partial charge is 0.541 e. The van der Waals surface area contributed by atoms with E-state index in [0.717, 1.165) is 6.07 Å². The number of aromatic hydroxyl groups is 1. The summed E-state index contributed by atoms with van der Waals surface area (Å²) in [4.78, 5) is 0. The van der Waals surface area contributed by atoms with Crippen LogP contribution in [0.25, 0.3) is 0 Å². The monoisotopic (exact) mass is 260 g/mol. The standard InChI is InChI=1S/C12H18F2O2Si/c1-12(2,3)17(4,5)16-9-7-6-8(15)10(13)11(9)14/h6-7,15H,1-5H3. The SMILES string of the molecule is CC(C)(C)[Si](C)(C)Oc1ccc(O)c(F)c1F. The van der Waals surface area contributed by atoms with Gasteiger partial charge in [0.25, 0.3) is 8.32 Å². The highest BCUT2D eigenvalue weighted by molar-refractivity contribution is 6.74. The molecule has 96 valence electrons. The molecule has 0 spiro atoms. The molecule has 0 aromatic heterocycles. The first-order chi connectivity index (χ1) is 7.56. The number of phenolic OH excluding ortho intramolecular Hbond substituents is 1. The minimum Gasteiger partial charge on any atom is -0.541 e. The summed E-state index contributed by atoms with van der Waals surface area (Å²) in [5.74, 6) is -3.23. The van der Waals surface area contributed by atoms with Crippen LogP contribution in [0.1, 0.15) is 20.8 Å². The maximum Gasteiger partial charge on any atom is 0.250 e. The first-order valence-corrected chi connectivity index (χ1v) is 8.33. The third-order valence-electron chi connectivity index (χ3n) is 3.20. The van der Waals surface area contributed by atoms with Gasteiger partial charge in [-0.05, 0) is 30.3 Å². The van der Waals surface area contributed by atoms with Gasteiger partial charge in [-0.1, -0.05) is 20.8 Å². The summed E-state index contributed by atoms with van der Waals surface area (Å²) in [5, 5.41) is 8.92. The van der Waals surface area contributed by atoms with Crippen LogP contribution in [0.4, 0.5) is 8.78 Å². The molecule has 0 heterocycles. The zero-order valence-corrected chi connectivity index (χ0v) is 11.8. The second-order valence-corrected chi connectivity index (χ2v) is 10.3. The van der Waals surface area contributed by atoms with Crippen molar-refractivity contribution in [1.82, 2.24) is 0 Å². The lowest BCUT2D eigenvalue weighted by Gasteiger charge is -2.36. The maximum atomic E-state index is 13.5. The predicted octanol–water partition coefficient (Wildman–Crippen LogP) is 4.05. The fourth-order valence-electron chi connectivity index (χ4n) is 1.03. The van der Waals surface area contributed by atoms with Crippen LogP contribution < -0.4 is 4.43 Å². The molecule has 0 aliphatic heterocycles. The Hall–Kier alpha value is -1.10. The molecule has 0 saturated heterocycles. The van der Waals surface area contributed by atoms with Crippen LogP contribution in [0.5, 0.6) is 11.5 Å². The van der Waals surface area contributed by atoms with Gasteiger partial charge in [-0.15, -0.1) is 0 Å². The summed E-state index contributed by atoms with van der Waals surface area (Å²) >= 11 is 0. The number of halogens is 2. The van der Waals surface area contributed by atoms with Crippen molar-refractivity contribution in [2.24, 2.45) is 0 Å². The van der Waals surface area contributed by atoms with E-state index >= 15 is 0 Å². The minimum absolute atomic E-state index is 0.103. The molecule has 0 saturated carbocycles. The van der Waals surface area contributed by atoms with Crippen molar-refractivity contribution in [1.29, 1.82) is 0 Å². The number of rotatable bonds is 2. The number of phenols is 1. The summed E-state index contributed by atoms with van der Waals surface area (Å²) in [7, 11) is -2.21. The summed E-state index contributed by atoms with van der Waals surface area (Å²) in [6.07, 6.45) is 0. The van der Waals surface area contributed by atoms with E-state index in [0.29, 0.717) is 0 Å². The van der Waals surface area contributed by atoms with Crippen LogP contribution in [0.15, 0.2) is 12.1 Å². The Labute approximate surface area is 101 Å². The van der Waals surface area contributed by atoms with Gasteiger partial charge in [-0.3, -0.25) is 0 Å². The average Bonchev–Trinajstić information content (AvgIpc) is 2.17. The van der Waals surface area contributed by atoms with E-state index in [1.807, 2.05) is 33.9 Å². The van der Waals surface area contributed by atoms with Gasteiger partial charge in [-0.2, -0.15) is 8.78 Å². The van der Waals surface area contributed by atoms with Gasteiger partial charge in [-0.25, -0.2) is 0 Å². The third kappa shape index (κ3) is 2.77. The van der Waals surface area contributed by atoms with E-state index in [9.17, 15) is 8.78 Å². The number of hydrogen-bond donors (Lipinski definition) is 1. The van der Waals surface area contributed by atoms with Gasteiger partial charge < -0.3 is 9.53 Å². The van der Waals surface area contributed by atoms with Crippen molar-refractivity contribution in [3.8, 4) is 11.5 Å². The Morgan fingerprint density at radius 2 is 1.65 bits per heavy atom. The summed E-state index contributed by atoms with van der Waals surface area (Å²) in [6.45, 7) is 9.91. The van der Waals surface area contributed by atoms with Crippen LogP contribution in [0, 0.1) is 11.6 Å². The third-order valence-corrected chi connectivity index (χ3v) is 7.54. The predicted molar refractivity (Wildman–Crippen MR) is 65.8 cm³/mol. The Morgan fingerprint density at radius 3 is 2.12 bits per heavy atom. The zero-order valence-electron chi connectivity index (χ0n) is 10.8. The second kappa shape index (κ2) is 4.29. The van der Waals surface area contributed by atoms with Crippen molar-refractivity contribution in [2.45, 2.75) is 38.9 Å². The van der Waals surface area contributed by atoms with E-state index in [1.165, 1.54) is 6.07 Å². The molecule has 0 atom stereocenters. The van der Waals surface area contributed by atoms with Crippen molar-refractivity contribution >= 4 is 8.32 Å². The van der Waals surface area contributed by atoms with Crippen LogP contribution >= 0.6 is 0 Å². The highest BCUT2D eigenvalue weighted by Gasteiger charge is 2.39. The molecule has 0 radical (unpaired) electrons. The Kier molecular flexibility index (Phi) is 3.52. The molecular weight excluding hydrogens is 242 g/mol. The average molecular weight is 260 g/mol. The number of hydrogen-bond acceptors (Lipinski definition) is 2. The Balaban J connectivity index is 3.09. The molecular formula is C12H18F2O2Si. The van der Waals surface area contributed by atoms with Gasteiger partial charge in [0, 0.05) is 0 Å². The van der Waals surface area contributed by atoms with Crippen molar-refractivity contribution in [3.05, 3.63) is 23.8 Å². The van der Waals surface area contributed by atoms with Crippen molar-refractivity contribution in [2.75, 3.05) is 0 Å². The van der Waals surface area contributed by atoms with Crippen molar-refractivity contribution in [3.63, 3.8) is 0 Å². The van der Waals surface area contributed by atoms with Gasteiger partial charge in [0.2, 0.25) is 11.6 Å². The molecule has 17 heavy (non-hydrogen) atoms. The van der Waals surface area contributed by atoms with Crippen LogP contribution in [-0.2, 0) is 0 Å². The molecule has 0 unspecified atom stereocenters. The van der Waals surface area contributed by atoms with Gasteiger partial charge in [0.05, 0.1) is 0 Å². The fourth-order valence-corrected chi connectivity index (χ4v) is 2.04. The van der Waals surface area contributed by atoms with Crippen LogP contribution in [0.3, 0.4) is 0 Å². The first kappa shape index (κ1) is 14.0. The van der Waals surface area contributed by atoms with E-state index < -0.39 is 25.7 Å². The van der Waals surface area contributed by atoms with E-state index in [2.05, 4.69) is 0 Å². The van der Waals surface area contributed by atoms with E-state index in [1.54, 1.807) is 0 Å². The molecule has 0 bridgehead atoms. The lowest BCUT2D eigenvalue weighted by Crippen LogP contribution is -2.44. The fraction of sp³-hybridized carbons (Fsp3) is 0.500. The minimum atomic E-state index is -2.21. The van der Waals surface area contributed by atoms with Gasteiger partial charge in [0.15, 0.2) is 5.75 Å². The van der Waals surface area contributed by atoms with E-state index in [4.69, 9.17) is 9.53 Å². The topological polar surface area (TPSA) is 29.5 Å². The summed E-state index contributed by atoms with van der Waals surface area (Å²) in [5.41, 5.74) is 0. The Morgan fingerprint density at radius 1 is 1.12 bits per heavy atom. The molecule has 2 nitrogen and oxygen atoms in total. The molecule has 0 aliphatic rings. The highest BCUT2D eigenvalue weighted by atomic mass is 28.4. The summed E-state index contributed by atoms with van der Waals surface area (Å²) < 4.78 is 32.4. The number of benzene rings is 1. The highest BCUT2D eigenvalue weighted by Crippen LogP contribution is 2.38. The normalized spacial score (nSPS) is 12.6. The molecule has 0 fully saturated rings. The molecule has 1 N–H and O–H groups in total. The molecule has 1 rings (SSSR count). The van der Waals surface area contributed by atoms with Crippen LogP contribution in [0.2, 0.25) is 18.1 Å². The first-order valence-electron chi connectivity index (χ1n) is 5.42. The maximum absolute atomic E-state index is 13.5.